The van der Waals surface area contributed by atoms with Crippen molar-refractivity contribution in [2.45, 2.75) is 349 Å². The molecule has 418 valence electrons. The van der Waals surface area contributed by atoms with Gasteiger partial charge in [-0.3, -0.25) is 14.4 Å². The fourth-order valence-corrected chi connectivity index (χ4v) is 10.5. The third-order valence-electron chi connectivity index (χ3n) is 15.4. The first-order chi connectivity index (χ1) is 35.5. The van der Waals surface area contributed by atoms with Crippen LogP contribution in [0, 0.1) is 11.3 Å². The van der Waals surface area contributed by atoms with E-state index in [9.17, 15) is 19.2 Å². The summed E-state index contributed by atoms with van der Waals surface area (Å²) in [5.41, 5.74) is -1.84. The van der Waals surface area contributed by atoms with E-state index in [0.717, 1.165) is 109 Å². The van der Waals surface area contributed by atoms with Gasteiger partial charge in [0.25, 0.3) is 0 Å². The number of Topliss-reactive ketones (excluding diaryl/α,β-unsaturated/α-hetero) is 3. The summed E-state index contributed by atoms with van der Waals surface area (Å²) in [4.78, 5) is 57.5. The number of aldehydes is 1. The monoisotopic (exact) mass is 1000 g/mol. The second-order valence-electron chi connectivity index (χ2n) is 22.1. The number of ketones is 3. The van der Waals surface area contributed by atoms with Crippen LogP contribution in [0.5, 0.6) is 0 Å². The highest BCUT2D eigenvalue weighted by atomic mass is 16.2. The van der Waals surface area contributed by atoms with Gasteiger partial charge >= 0.3 is 0 Å². The Morgan fingerprint density at radius 1 is 0.306 bits per heavy atom. The van der Waals surface area contributed by atoms with Gasteiger partial charge in [0.05, 0.1) is 0 Å². The molecule has 0 bridgehead atoms. The van der Waals surface area contributed by atoms with Gasteiger partial charge in [-0.25, -0.2) is 0 Å². The molecule has 0 radical (unpaired) electrons. The fourth-order valence-electron chi connectivity index (χ4n) is 10.5. The van der Waals surface area contributed by atoms with Crippen molar-refractivity contribution in [1.82, 2.24) is 0 Å². The molecule has 72 heavy (non-hydrogen) atoms. The maximum Gasteiger partial charge on any atom is 0.154 e. The van der Waals surface area contributed by atoms with E-state index >= 15 is 0 Å². The average molecular weight is 1000 g/mol. The molecule has 4 nitrogen and oxygen atoms in total. The molecule has 0 N–H and O–H groups in total. The summed E-state index contributed by atoms with van der Waals surface area (Å²) in [5.74, 6) is -1.43. The van der Waals surface area contributed by atoms with Crippen molar-refractivity contribution in [1.29, 1.82) is 0 Å². The first-order valence-electron chi connectivity index (χ1n) is 32.1. The summed E-state index contributed by atoms with van der Waals surface area (Å²) in [6, 6.07) is 0. The lowest BCUT2D eigenvalue weighted by Crippen LogP contribution is -2.50. The molecular formula is C68H122O4. The molecule has 0 heterocycles. The number of unbranched alkanes of at least 4 members (excludes halogenated alkanes) is 38. The van der Waals surface area contributed by atoms with Gasteiger partial charge in [0.1, 0.15) is 12.1 Å². The quantitative estimate of drug-likeness (QED) is 0.0263. The van der Waals surface area contributed by atoms with Crippen LogP contribution in [-0.2, 0) is 19.2 Å². The molecule has 0 spiro atoms. The highest BCUT2D eigenvalue weighted by Gasteiger charge is 2.52. The van der Waals surface area contributed by atoms with Crippen molar-refractivity contribution in [3.63, 3.8) is 0 Å². The van der Waals surface area contributed by atoms with Crippen molar-refractivity contribution in [2.75, 3.05) is 0 Å². The van der Waals surface area contributed by atoms with Crippen LogP contribution in [0.4, 0.5) is 0 Å². The standard InChI is InChI=1S/C68H122O4/c1-5-9-13-17-21-25-29-33-34-38-42-46-50-54-58-62-67(72)68(63-69,66(71)61-57-53-49-45-41-37-32-28-24-20-16-12-8-4)64(59-55-51-47-43-39-35-30-26-22-18-14-10-6-2)65(70)60-56-52-48-44-40-36-31-27-23-19-15-11-7-3/h21-22,25-26,33-35,39,63-64H,5-20,23-24,27-32,36-38,40-62H2,1-4H3. The largest absolute Gasteiger partial charge is 0.302 e. The van der Waals surface area contributed by atoms with Crippen LogP contribution in [-0.4, -0.2) is 23.6 Å². The van der Waals surface area contributed by atoms with E-state index in [-0.39, 0.29) is 30.2 Å². The Balaban J connectivity index is 5.71. The van der Waals surface area contributed by atoms with Crippen molar-refractivity contribution < 1.29 is 19.2 Å². The van der Waals surface area contributed by atoms with E-state index in [2.05, 4.69) is 76.3 Å². The topological polar surface area (TPSA) is 68.3 Å². The van der Waals surface area contributed by atoms with Crippen LogP contribution >= 0.6 is 0 Å². The molecule has 0 aliphatic heterocycles. The summed E-state index contributed by atoms with van der Waals surface area (Å²) in [6.45, 7) is 9.03. The van der Waals surface area contributed by atoms with E-state index in [1.54, 1.807) is 0 Å². The molecule has 0 fully saturated rings. The Morgan fingerprint density at radius 3 is 0.875 bits per heavy atom. The Morgan fingerprint density at radius 2 is 0.556 bits per heavy atom. The Labute approximate surface area is 449 Å². The van der Waals surface area contributed by atoms with Gasteiger partial charge in [0.2, 0.25) is 0 Å². The molecule has 0 amide bonds. The zero-order chi connectivity index (χ0) is 52.5. The van der Waals surface area contributed by atoms with Crippen molar-refractivity contribution in [3.05, 3.63) is 48.6 Å². The normalized spacial score (nSPS) is 13.3. The van der Waals surface area contributed by atoms with Crippen LogP contribution in [0.3, 0.4) is 0 Å². The van der Waals surface area contributed by atoms with Gasteiger partial charge in [-0.15, -0.1) is 0 Å². The molecule has 0 rings (SSSR count). The SMILES string of the molecule is CCCCCC=CCC=CCCCCCCCC(=O)C(C=O)(C(=O)CCCCCCCCCCCCCCC)C(CCCCCC=CCC=CCCCCC)C(=O)CCCCCCCCCCCCCCC. The van der Waals surface area contributed by atoms with Crippen LogP contribution in [0.15, 0.2) is 48.6 Å². The fraction of sp³-hybridized carbons (Fsp3) is 0.824. The van der Waals surface area contributed by atoms with E-state index in [1.807, 2.05) is 0 Å². The first kappa shape index (κ1) is 69.6. The van der Waals surface area contributed by atoms with Crippen molar-refractivity contribution >= 4 is 23.6 Å². The van der Waals surface area contributed by atoms with E-state index in [4.69, 9.17) is 0 Å². The van der Waals surface area contributed by atoms with Gasteiger partial charge in [-0.05, 0) is 89.9 Å². The van der Waals surface area contributed by atoms with E-state index < -0.39 is 11.3 Å². The number of hydrogen-bond donors (Lipinski definition) is 0. The van der Waals surface area contributed by atoms with Crippen LogP contribution in [0.1, 0.15) is 349 Å². The molecule has 0 saturated heterocycles. The van der Waals surface area contributed by atoms with Gasteiger partial charge in [-0.1, -0.05) is 288 Å². The molecule has 0 aromatic heterocycles. The molecule has 0 saturated carbocycles. The minimum absolute atomic E-state index is 0.0251. The first-order valence-corrected chi connectivity index (χ1v) is 32.1. The molecule has 2 unspecified atom stereocenters. The van der Waals surface area contributed by atoms with Crippen LogP contribution in [0.25, 0.3) is 0 Å². The summed E-state index contributed by atoms with van der Waals surface area (Å²) >= 11 is 0. The summed E-state index contributed by atoms with van der Waals surface area (Å²) < 4.78 is 0. The van der Waals surface area contributed by atoms with Crippen LogP contribution in [0.2, 0.25) is 0 Å². The van der Waals surface area contributed by atoms with Crippen LogP contribution < -0.4 is 0 Å². The summed E-state index contributed by atoms with van der Waals surface area (Å²) in [6.07, 6.45) is 73.4. The van der Waals surface area contributed by atoms with Gasteiger partial charge in [0.15, 0.2) is 17.0 Å². The van der Waals surface area contributed by atoms with Gasteiger partial charge in [-0.2, -0.15) is 0 Å². The lowest BCUT2D eigenvalue weighted by Gasteiger charge is -2.33. The zero-order valence-electron chi connectivity index (χ0n) is 48.8. The molecular weight excluding hydrogens is 881 g/mol. The predicted molar refractivity (Wildman–Crippen MR) is 317 cm³/mol. The summed E-state index contributed by atoms with van der Waals surface area (Å²) in [7, 11) is 0. The van der Waals surface area contributed by atoms with Crippen molar-refractivity contribution in [2.24, 2.45) is 11.3 Å². The molecule has 0 aromatic carbocycles. The number of carbonyl (C=O) groups excluding carboxylic acids is 4. The zero-order valence-corrected chi connectivity index (χ0v) is 48.8. The Kier molecular flexibility index (Phi) is 54.5. The summed E-state index contributed by atoms with van der Waals surface area (Å²) in [5, 5.41) is 0. The predicted octanol–water partition coefficient (Wildman–Crippen LogP) is 22.3. The average Bonchev–Trinajstić information content (AvgIpc) is 3.38. The minimum atomic E-state index is -1.84. The Bertz CT molecular complexity index is 1320. The number of hydrogen-bond acceptors (Lipinski definition) is 4. The minimum Gasteiger partial charge on any atom is -0.302 e. The second kappa shape index (κ2) is 56.4. The lowest BCUT2D eigenvalue weighted by molar-refractivity contribution is -0.153. The number of rotatable bonds is 59. The third-order valence-corrected chi connectivity index (χ3v) is 15.4. The highest BCUT2D eigenvalue weighted by molar-refractivity contribution is 6.21. The second-order valence-corrected chi connectivity index (χ2v) is 22.1. The maximum atomic E-state index is 14.6. The highest BCUT2D eigenvalue weighted by Crippen LogP contribution is 2.38. The lowest BCUT2D eigenvalue weighted by atomic mass is 9.64. The third kappa shape index (κ3) is 41.9. The molecule has 2 atom stereocenters. The maximum absolute atomic E-state index is 14.6. The molecule has 0 aromatic rings. The molecule has 0 aliphatic carbocycles. The molecule has 4 heteroatoms. The Hall–Kier alpha value is -2.36. The number of allylic oxidation sites excluding steroid dienone is 8. The van der Waals surface area contributed by atoms with Gasteiger partial charge in [0, 0.05) is 25.2 Å². The molecule has 0 aliphatic rings. The van der Waals surface area contributed by atoms with Gasteiger partial charge < -0.3 is 4.79 Å². The van der Waals surface area contributed by atoms with E-state index in [1.165, 1.54) is 173 Å². The number of carbonyl (C=O) groups is 4. The van der Waals surface area contributed by atoms with Crippen molar-refractivity contribution in [3.8, 4) is 0 Å². The smallest absolute Gasteiger partial charge is 0.154 e. The van der Waals surface area contributed by atoms with E-state index in [0.29, 0.717) is 32.0 Å².